The van der Waals surface area contributed by atoms with E-state index in [1.807, 2.05) is 0 Å². The molecular formula is C15H18ClN3O6S. The molecule has 0 heterocycles. The molecule has 26 heavy (non-hydrogen) atoms. The Morgan fingerprint density at radius 2 is 2.04 bits per heavy atom. The van der Waals surface area contributed by atoms with Crippen molar-refractivity contribution in [2.24, 2.45) is 0 Å². The second-order valence-electron chi connectivity index (χ2n) is 6.15. The van der Waals surface area contributed by atoms with Gasteiger partial charge in [-0.2, -0.15) is 0 Å². The fourth-order valence-electron chi connectivity index (χ4n) is 2.17. The van der Waals surface area contributed by atoms with Crippen molar-refractivity contribution in [3.8, 4) is 0 Å². The number of amides is 2. The first-order chi connectivity index (χ1) is 12.1. The Labute approximate surface area is 155 Å². The lowest BCUT2D eigenvalue weighted by Gasteiger charge is -2.18. The minimum atomic E-state index is -3.32. The van der Waals surface area contributed by atoms with Crippen LogP contribution in [0.1, 0.15) is 29.6 Å². The summed E-state index contributed by atoms with van der Waals surface area (Å²) in [7, 11) is -3.32. The molecule has 0 spiro atoms. The van der Waals surface area contributed by atoms with Crippen LogP contribution < -0.4 is 10.6 Å². The van der Waals surface area contributed by atoms with Gasteiger partial charge in [0.15, 0.2) is 0 Å². The number of sulfone groups is 1. The molecule has 0 radical (unpaired) electrons. The summed E-state index contributed by atoms with van der Waals surface area (Å²) in [5.74, 6) is -1.46. The summed E-state index contributed by atoms with van der Waals surface area (Å²) in [6, 6.07) is 2.33. The van der Waals surface area contributed by atoms with Crippen LogP contribution in [0, 0.1) is 10.1 Å². The summed E-state index contributed by atoms with van der Waals surface area (Å²) in [5.41, 5.74) is -0.313. The number of hydrogen-bond acceptors (Lipinski definition) is 6. The zero-order chi connectivity index (χ0) is 19.5. The van der Waals surface area contributed by atoms with Crippen molar-refractivity contribution in [2.75, 3.05) is 12.0 Å². The van der Waals surface area contributed by atoms with Crippen molar-refractivity contribution in [1.82, 2.24) is 10.6 Å². The standard InChI is InChI=1S/C15H18ClN3O6S/c1-26(24,25)7-6-13(15(21)17-9-2-3-9)18-14(20)11-5-4-10(19(22)23)8-12(11)16/h4-5,8-9,13H,2-3,6-7H2,1H3,(H,17,21)(H,18,20)/t13-/m1/s1. The molecule has 0 saturated heterocycles. The Hall–Kier alpha value is -2.20. The molecular weight excluding hydrogens is 386 g/mol. The van der Waals surface area contributed by atoms with Crippen LogP contribution in [0.15, 0.2) is 18.2 Å². The SMILES string of the molecule is CS(=O)(=O)CC[C@@H](NC(=O)c1ccc([N+](=O)[O-])cc1Cl)C(=O)NC1CC1. The molecule has 1 aliphatic carbocycles. The van der Waals surface area contributed by atoms with Crippen LogP contribution in [0.25, 0.3) is 0 Å². The third-order valence-corrected chi connectivity index (χ3v) is 5.02. The molecule has 2 rings (SSSR count). The molecule has 1 fully saturated rings. The number of nitro benzene ring substituents is 1. The summed E-state index contributed by atoms with van der Waals surface area (Å²) >= 11 is 5.91. The van der Waals surface area contributed by atoms with E-state index in [0.29, 0.717) is 0 Å². The largest absolute Gasteiger partial charge is 0.352 e. The zero-order valence-corrected chi connectivity index (χ0v) is 15.5. The summed E-state index contributed by atoms with van der Waals surface area (Å²) in [5, 5.41) is 15.8. The normalized spacial score (nSPS) is 15.2. The van der Waals surface area contributed by atoms with Gasteiger partial charge in [0, 0.05) is 24.4 Å². The van der Waals surface area contributed by atoms with Crippen LogP contribution in [0.4, 0.5) is 5.69 Å². The lowest BCUT2D eigenvalue weighted by Crippen LogP contribution is -2.48. The van der Waals surface area contributed by atoms with Gasteiger partial charge in [-0.3, -0.25) is 19.7 Å². The third kappa shape index (κ3) is 5.95. The highest BCUT2D eigenvalue weighted by Crippen LogP contribution is 2.23. The van der Waals surface area contributed by atoms with Gasteiger partial charge in [-0.25, -0.2) is 8.42 Å². The van der Waals surface area contributed by atoms with E-state index in [1.54, 1.807) is 0 Å². The minimum absolute atomic E-state index is 0.0409. The molecule has 1 aromatic rings. The van der Waals surface area contributed by atoms with Crippen molar-refractivity contribution in [3.05, 3.63) is 38.9 Å². The van der Waals surface area contributed by atoms with Crippen molar-refractivity contribution in [1.29, 1.82) is 0 Å². The van der Waals surface area contributed by atoms with Gasteiger partial charge in [0.2, 0.25) is 5.91 Å². The van der Waals surface area contributed by atoms with E-state index in [2.05, 4.69) is 10.6 Å². The number of benzene rings is 1. The van der Waals surface area contributed by atoms with Crippen LogP contribution in [0.2, 0.25) is 5.02 Å². The van der Waals surface area contributed by atoms with Crippen molar-refractivity contribution < 1.29 is 22.9 Å². The maximum Gasteiger partial charge on any atom is 0.270 e. The average Bonchev–Trinajstić information content (AvgIpc) is 3.33. The van der Waals surface area contributed by atoms with Gasteiger partial charge in [-0.05, 0) is 25.3 Å². The fourth-order valence-corrected chi connectivity index (χ4v) is 3.09. The van der Waals surface area contributed by atoms with Gasteiger partial charge in [-0.1, -0.05) is 11.6 Å². The van der Waals surface area contributed by atoms with Gasteiger partial charge in [0.05, 0.1) is 21.3 Å². The van der Waals surface area contributed by atoms with Crippen LogP contribution in [0.5, 0.6) is 0 Å². The van der Waals surface area contributed by atoms with Crippen LogP contribution in [0.3, 0.4) is 0 Å². The monoisotopic (exact) mass is 403 g/mol. The quantitative estimate of drug-likeness (QED) is 0.492. The lowest BCUT2D eigenvalue weighted by atomic mass is 10.1. The molecule has 2 N–H and O–H groups in total. The second-order valence-corrected chi connectivity index (χ2v) is 8.82. The van der Waals surface area contributed by atoms with Gasteiger partial charge < -0.3 is 10.6 Å². The molecule has 1 aromatic carbocycles. The highest BCUT2D eigenvalue weighted by Gasteiger charge is 2.29. The molecule has 0 aliphatic heterocycles. The second kappa shape index (κ2) is 8.00. The van der Waals surface area contributed by atoms with Crippen LogP contribution >= 0.6 is 11.6 Å². The Kier molecular flexibility index (Phi) is 6.19. The summed E-state index contributed by atoms with van der Waals surface area (Å²) < 4.78 is 22.7. The van der Waals surface area contributed by atoms with Crippen molar-refractivity contribution in [3.63, 3.8) is 0 Å². The van der Waals surface area contributed by atoms with E-state index in [1.165, 1.54) is 6.07 Å². The van der Waals surface area contributed by atoms with E-state index in [9.17, 15) is 28.1 Å². The molecule has 2 amide bonds. The highest BCUT2D eigenvalue weighted by atomic mass is 35.5. The predicted molar refractivity (Wildman–Crippen MR) is 94.9 cm³/mol. The molecule has 1 atom stereocenters. The Morgan fingerprint density at radius 1 is 1.38 bits per heavy atom. The van der Waals surface area contributed by atoms with E-state index in [-0.39, 0.29) is 34.5 Å². The van der Waals surface area contributed by atoms with Gasteiger partial charge >= 0.3 is 0 Å². The highest BCUT2D eigenvalue weighted by molar-refractivity contribution is 7.90. The number of nitro groups is 1. The number of carbonyl (C=O) groups is 2. The Balaban J connectivity index is 2.13. The molecule has 0 aromatic heterocycles. The van der Waals surface area contributed by atoms with Crippen molar-refractivity contribution >= 4 is 38.9 Å². The van der Waals surface area contributed by atoms with Gasteiger partial charge in [0.1, 0.15) is 15.9 Å². The molecule has 9 nitrogen and oxygen atoms in total. The van der Waals surface area contributed by atoms with E-state index >= 15 is 0 Å². The van der Waals surface area contributed by atoms with Crippen LogP contribution in [-0.4, -0.2) is 49.2 Å². The Bertz CT molecular complexity index is 838. The number of nitrogens with zero attached hydrogens (tertiary/aromatic N) is 1. The maximum atomic E-state index is 12.4. The minimum Gasteiger partial charge on any atom is -0.352 e. The first kappa shape index (κ1) is 20.1. The predicted octanol–water partition coefficient (Wildman–Crippen LogP) is 1.06. The molecule has 11 heteroatoms. The number of non-ortho nitro benzene ring substituents is 1. The number of nitrogens with one attached hydrogen (secondary N) is 2. The molecule has 1 saturated carbocycles. The van der Waals surface area contributed by atoms with Gasteiger partial charge in [-0.15, -0.1) is 0 Å². The van der Waals surface area contributed by atoms with Gasteiger partial charge in [0.25, 0.3) is 11.6 Å². The summed E-state index contributed by atoms with van der Waals surface area (Å²) in [6.45, 7) is 0. The average molecular weight is 404 g/mol. The first-order valence-electron chi connectivity index (χ1n) is 7.80. The third-order valence-electron chi connectivity index (χ3n) is 3.73. The molecule has 142 valence electrons. The number of carbonyl (C=O) groups excluding carboxylic acids is 2. The van der Waals surface area contributed by atoms with E-state index in [0.717, 1.165) is 31.2 Å². The summed E-state index contributed by atoms with van der Waals surface area (Å²) in [4.78, 5) is 34.7. The van der Waals surface area contributed by atoms with Crippen molar-refractivity contribution in [2.45, 2.75) is 31.3 Å². The van der Waals surface area contributed by atoms with E-state index in [4.69, 9.17) is 11.6 Å². The number of hydrogen-bond donors (Lipinski definition) is 2. The lowest BCUT2D eigenvalue weighted by molar-refractivity contribution is -0.384. The van der Waals surface area contributed by atoms with Crippen LogP contribution in [-0.2, 0) is 14.6 Å². The number of rotatable bonds is 8. The fraction of sp³-hybridized carbons (Fsp3) is 0.467. The first-order valence-corrected chi connectivity index (χ1v) is 10.2. The summed E-state index contributed by atoms with van der Waals surface area (Å²) in [6.07, 6.45) is 2.63. The smallest absolute Gasteiger partial charge is 0.270 e. The number of halogens is 1. The zero-order valence-electron chi connectivity index (χ0n) is 13.9. The molecule has 0 unspecified atom stereocenters. The molecule has 0 bridgehead atoms. The Morgan fingerprint density at radius 3 is 2.54 bits per heavy atom. The van der Waals surface area contributed by atoms with E-state index < -0.39 is 32.6 Å². The molecule has 1 aliphatic rings. The maximum absolute atomic E-state index is 12.4. The topological polar surface area (TPSA) is 135 Å².